The Hall–Kier alpha value is -2.08. The molecule has 0 saturated carbocycles. The lowest BCUT2D eigenvalue weighted by atomic mass is 10.1. The number of piperazine rings is 1. The maximum Gasteiger partial charge on any atom is 0.254 e. The summed E-state index contributed by atoms with van der Waals surface area (Å²) < 4.78 is 5.19. The quantitative estimate of drug-likeness (QED) is 0.821. The average molecular weight is 277 g/mol. The molecule has 6 heteroatoms. The number of methoxy groups -OCH3 is 1. The first-order chi connectivity index (χ1) is 9.65. The van der Waals surface area contributed by atoms with Crippen molar-refractivity contribution in [2.45, 2.75) is 0 Å². The standard InChI is InChI=1S/C14H19N3O3/c1-16-5-7-17(8-6-16)14(19)11-3-4-12(15-10-18)13(9-11)20-2/h3-4,9-10H,5-8H2,1-2H3,(H,15,18). The monoisotopic (exact) mass is 277 g/mol. The third-order valence-corrected chi connectivity index (χ3v) is 3.45. The number of anilines is 1. The van der Waals surface area contributed by atoms with Crippen LogP contribution in [0.15, 0.2) is 18.2 Å². The molecule has 0 spiro atoms. The van der Waals surface area contributed by atoms with Crippen molar-refractivity contribution in [3.05, 3.63) is 23.8 Å². The number of likely N-dealkylation sites (N-methyl/N-ethyl adjacent to an activating group) is 1. The van der Waals surface area contributed by atoms with Crippen molar-refractivity contribution in [3.8, 4) is 5.75 Å². The number of rotatable bonds is 4. The molecule has 1 heterocycles. The van der Waals surface area contributed by atoms with Gasteiger partial charge in [0.1, 0.15) is 5.75 Å². The number of amides is 2. The van der Waals surface area contributed by atoms with Crippen LogP contribution in [0.3, 0.4) is 0 Å². The van der Waals surface area contributed by atoms with Gasteiger partial charge in [0.15, 0.2) is 0 Å². The second-order valence-electron chi connectivity index (χ2n) is 4.77. The van der Waals surface area contributed by atoms with E-state index in [4.69, 9.17) is 4.74 Å². The van der Waals surface area contributed by atoms with Gasteiger partial charge < -0.3 is 19.9 Å². The second-order valence-corrected chi connectivity index (χ2v) is 4.77. The first-order valence-corrected chi connectivity index (χ1v) is 6.51. The fraction of sp³-hybridized carbons (Fsp3) is 0.429. The predicted octanol–water partition coefficient (Wildman–Crippen LogP) is 0.651. The van der Waals surface area contributed by atoms with Gasteiger partial charge in [-0.1, -0.05) is 0 Å². The molecule has 0 aliphatic carbocycles. The van der Waals surface area contributed by atoms with Crippen molar-refractivity contribution in [3.63, 3.8) is 0 Å². The van der Waals surface area contributed by atoms with Crippen molar-refractivity contribution >= 4 is 18.0 Å². The minimum atomic E-state index is -0.00551. The molecule has 0 bridgehead atoms. The van der Waals surface area contributed by atoms with E-state index in [1.165, 1.54) is 7.11 Å². The maximum absolute atomic E-state index is 12.4. The Morgan fingerprint density at radius 2 is 2.00 bits per heavy atom. The summed E-state index contributed by atoms with van der Waals surface area (Å²) >= 11 is 0. The first kappa shape index (κ1) is 14.3. The molecule has 1 aromatic rings. The third-order valence-electron chi connectivity index (χ3n) is 3.45. The van der Waals surface area contributed by atoms with Gasteiger partial charge in [-0.2, -0.15) is 0 Å². The fourth-order valence-corrected chi connectivity index (χ4v) is 2.20. The molecule has 0 aromatic heterocycles. The van der Waals surface area contributed by atoms with E-state index in [2.05, 4.69) is 10.2 Å². The van der Waals surface area contributed by atoms with Crippen LogP contribution in [-0.4, -0.2) is 62.5 Å². The van der Waals surface area contributed by atoms with Gasteiger partial charge in [0.2, 0.25) is 6.41 Å². The molecule has 0 unspecified atom stereocenters. The molecular weight excluding hydrogens is 258 g/mol. The van der Waals surface area contributed by atoms with E-state index < -0.39 is 0 Å². The Balaban J connectivity index is 2.15. The number of nitrogens with zero attached hydrogens (tertiary/aromatic N) is 2. The Morgan fingerprint density at radius 1 is 1.30 bits per heavy atom. The van der Waals surface area contributed by atoms with Crippen LogP contribution in [0.2, 0.25) is 0 Å². The number of hydrogen-bond donors (Lipinski definition) is 1. The number of benzene rings is 1. The lowest BCUT2D eigenvalue weighted by Crippen LogP contribution is -2.47. The fourth-order valence-electron chi connectivity index (χ4n) is 2.20. The van der Waals surface area contributed by atoms with E-state index >= 15 is 0 Å². The summed E-state index contributed by atoms with van der Waals surface area (Å²) in [5.41, 5.74) is 1.13. The van der Waals surface area contributed by atoms with Crippen LogP contribution < -0.4 is 10.1 Å². The summed E-state index contributed by atoms with van der Waals surface area (Å²) in [6.45, 7) is 3.22. The zero-order chi connectivity index (χ0) is 14.5. The summed E-state index contributed by atoms with van der Waals surface area (Å²) in [5, 5.41) is 2.54. The van der Waals surface area contributed by atoms with Crippen LogP contribution >= 0.6 is 0 Å². The smallest absolute Gasteiger partial charge is 0.254 e. The topological polar surface area (TPSA) is 61.9 Å². The number of carbonyl (C=O) groups excluding carboxylic acids is 2. The molecular formula is C14H19N3O3. The number of nitrogens with one attached hydrogen (secondary N) is 1. The highest BCUT2D eigenvalue weighted by molar-refractivity contribution is 5.95. The van der Waals surface area contributed by atoms with Gasteiger partial charge in [-0.3, -0.25) is 9.59 Å². The van der Waals surface area contributed by atoms with Crippen molar-refractivity contribution in [1.82, 2.24) is 9.80 Å². The van der Waals surface area contributed by atoms with Crippen LogP contribution in [0.25, 0.3) is 0 Å². The summed E-state index contributed by atoms with van der Waals surface area (Å²) in [6.07, 6.45) is 0.583. The second kappa shape index (κ2) is 6.38. The van der Waals surface area contributed by atoms with Crippen LogP contribution in [-0.2, 0) is 4.79 Å². The van der Waals surface area contributed by atoms with Crippen molar-refractivity contribution in [2.75, 3.05) is 45.7 Å². The lowest BCUT2D eigenvalue weighted by Gasteiger charge is -2.32. The van der Waals surface area contributed by atoms with Gasteiger partial charge in [0.25, 0.3) is 5.91 Å². The highest BCUT2D eigenvalue weighted by atomic mass is 16.5. The Labute approximate surface area is 118 Å². The molecule has 2 rings (SSSR count). The molecule has 1 aliphatic heterocycles. The highest BCUT2D eigenvalue weighted by Crippen LogP contribution is 2.25. The molecule has 2 amide bonds. The molecule has 108 valence electrons. The maximum atomic E-state index is 12.4. The van der Waals surface area contributed by atoms with Crippen molar-refractivity contribution in [1.29, 1.82) is 0 Å². The van der Waals surface area contributed by atoms with Gasteiger partial charge >= 0.3 is 0 Å². The van der Waals surface area contributed by atoms with Crippen molar-refractivity contribution < 1.29 is 14.3 Å². The normalized spacial score (nSPS) is 15.8. The molecule has 1 aliphatic rings. The Bertz CT molecular complexity index is 496. The van der Waals surface area contributed by atoms with Crippen LogP contribution in [0.1, 0.15) is 10.4 Å². The largest absolute Gasteiger partial charge is 0.495 e. The molecule has 1 N–H and O–H groups in total. The molecule has 1 fully saturated rings. The number of ether oxygens (including phenoxy) is 1. The number of carbonyl (C=O) groups is 2. The first-order valence-electron chi connectivity index (χ1n) is 6.51. The Morgan fingerprint density at radius 3 is 2.60 bits per heavy atom. The molecule has 6 nitrogen and oxygen atoms in total. The van der Waals surface area contributed by atoms with Gasteiger partial charge in [0, 0.05) is 31.7 Å². The lowest BCUT2D eigenvalue weighted by molar-refractivity contribution is -0.105. The SMILES string of the molecule is COc1cc(C(=O)N2CCN(C)CC2)ccc1NC=O. The molecule has 0 atom stereocenters. The van der Waals surface area contributed by atoms with E-state index in [0.717, 1.165) is 26.2 Å². The van der Waals surface area contributed by atoms with Gasteiger partial charge in [-0.15, -0.1) is 0 Å². The average Bonchev–Trinajstić information content (AvgIpc) is 2.48. The third kappa shape index (κ3) is 3.08. The highest BCUT2D eigenvalue weighted by Gasteiger charge is 2.21. The summed E-state index contributed by atoms with van der Waals surface area (Å²) in [6, 6.07) is 5.04. The van der Waals surface area contributed by atoms with E-state index in [1.54, 1.807) is 18.2 Å². The molecule has 20 heavy (non-hydrogen) atoms. The minimum Gasteiger partial charge on any atom is -0.495 e. The van der Waals surface area contributed by atoms with Gasteiger partial charge in [-0.05, 0) is 25.2 Å². The zero-order valence-corrected chi connectivity index (χ0v) is 11.8. The predicted molar refractivity (Wildman–Crippen MR) is 76.1 cm³/mol. The van der Waals surface area contributed by atoms with Gasteiger partial charge in [0.05, 0.1) is 12.8 Å². The zero-order valence-electron chi connectivity index (χ0n) is 11.8. The van der Waals surface area contributed by atoms with Gasteiger partial charge in [-0.25, -0.2) is 0 Å². The van der Waals surface area contributed by atoms with E-state index in [0.29, 0.717) is 23.4 Å². The number of hydrogen-bond acceptors (Lipinski definition) is 4. The molecule has 1 saturated heterocycles. The van der Waals surface area contributed by atoms with E-state index in [9.17, 15) is 9.59 Å². The minimum absolute atomic E-state index is 0.00551. The summed E-state index contributed by atoms with van der Waals surface area (Å²) in [5.74, 6) is 0.478. The van der Waals surface area contributed by atoms with E-state index in [-0.39, 0.29) is 5.91 Å². The van der Waals surface area contributed by atoms with Crippen LogP contribution in [0.4, 0.5) is 5.69 Å². The van der Waals surface area contributed by atoms with E-state index in [1.807, 2.05) is 11.9 Å². The summed E-state index contributed by atoms with van der Waals surface area (Å²) in [7, 11) is 3.56. The van der Waals surface area contributed by atoms with Crippen LogP contribution in [0.5, 0.6) is 5.75 Å². The Kier molecular flexibility index (Phi) is 4.57. The molecule has 0 radical (unpaired) electrons. The van der Waals surface area contributed by atoms with Crippen molar-refractivity contribution in [2.24, 2.45) is 0 Å². The van der Waals surface area contributed by atoms with Crippen LogP contribution in [0, 0.1) is 0 Å². The summed E-state index contributed by atoms with van der Waals surface area (Å²) in [4.78, 5) is 26.9. The molecule has 1 aromatic carbocycles.